The van der Waals surface area contributed by atoms with Gasteiger partial charge in [0.2, 0.25) is 0 Å². The molecule has 90 valence electrons. The maximum Gasteiger partial charge on any atom is 0.488 e. The SMILES string of the molecule is CC1(C)c2ccccc2-c2cc(B(O)O)ccc21. The van der Waals surface area contributed by atoms with Crippen molar-refractivity contribution in [3.8, 4) is 11.1 Å². The van der Waals surface area contributed by atoms with Gasteiger partial charge in [-0.1, -0.05) is 56.3 Å². The molecule has 2 aromatic carbocycles. The van der Waals surface area contributed by atoms with E-state index in [1.807, 2.05) is 24.3 Å². The number of benzene rings is 2. The molecular formula is C15H15BO2. The standard InChI is InChI=1S/C15H15BO2/c1-15(2)13-6-4-3-5-11(13)12-9-10(16(17)18)7-8-14(12)15/h3-9,17-18H,1-2H3. The molecule has 0 bridgehead atoms. The lowest BCUT2D eigenvalue weighted by Crippen LogP contribution is -2.30. The summed E-state index contributed by atoms with van der Waals surface area (Å²) in [6.45, 7) is 4.40. The van der Waals surface area contributed by atoms with E-state index in [1.165, 1.54) is 16.7 Å². The molecule has 0 amide bonds. The fourth-order valence-corrected chi connectivity index (χ4v) is 2.90. The third-order valence-corrected chi connectivity index (χ3v) is 3.91. The maximum absolute atomic E-state index is 9.29. The van der Waals surface area contributed by atoms with Gasteiger partial charge in [0.25, 0.3) is 0 Å². The van der Waals surface area contributed by atoms with Crippen LogP contribution < -0.4 is 5.46 Å². The Morgan fingerprint density at radius 2 is 1.56 bits per heavy atom. The first kappa shape index (κ1) is 11.5. The van der Waals surface area contributed by atoms with Crippen LogP contribution in [0.1, 0.15) is 25.0 Å². The molecule has 0 spiro atoms. The second kappa shape index (κ2) is 3.71. The minimum atomic E-state index is -1.41. The second-order valence-electron chi connectivity index (χ2n) is 5.35. The molecule has 3 heteroatoms. The molecule has 0 heterocycles. The van der Waals surface area contributed by atoms with Gasteiger partial charge >= 0.3 is 7.12 Å². The zero-order valence-corrected chi connectivity index (χ0v) is 10.5. The lowest BCUT2D eigenvalue weighted by molar-refractivity contribution is 0.426. The number of hydrogen-bond acceptors (Lipinski definition) is 2. The van der Waals surface area contributed by atoms with Crippen LogP contribution in [0.2, 0.25) is 0 Å². The largest absolute Gasteiger partial charge is 0.488 e. The van der Waals surface area contributed by atoms with Gasteiger partial charge < -0.3 is 10.0 Å². The Bertz CT molecular complexity index is 618. The van der Waals surface area contributed by atoms with Crippen LogP contribution in [0.25, 0.3) is 11.1 Å². The summed E-state index contributed by atoms with van der Waals surface area (Å²) in [5.41, 5.74) is 5.37. The normalized spacial score (nSPS) is 15.1. The van der Waals surface area contributed by atoms with Crippen molar-refractivity contribution >= 4 is 12.6 Å². The zero-order valence-electron chi connectivity index (χ0n) is 10.5. The molecule has 2 aromatic rings. The minimum Gasteiger partial charge on any atom is -0.423 e. The fourth-order valence-electron chi connectivity index (χ4n) is 2.90. The fraction of sp³-hybridized carbons (Fsp3) is 0.200. The Labute approximate surface area is 107 Å². The molecule has 0 aromatic heterocycles. The van der Waals surface area contributed by atoms with Crippen molar-refractivity contribution in [2.75, 3.05) is 0 Å². The highest BCUT2D eigenvalue weighted by Crippen LogP contribution is 2.47. The lowest BCUT2D eigenvalue weighted by atomic mass is 9.77. The third kappa shape index (κ3) is 1.44. The van der Waals surface area contributed by atoms with Gasteiger partial charge in [0.15, 0.2) is 0 Å². The van der Waals surface area contributed by atoms with E-state index in [0.29, 0.717) is 5.46 Å². The first-order valence-electron chi connectivity index (χ1n) is 6.12. The molecule has 0 radical (unpaired) electrons. The number of rotatable bonds is 1. The molecule has 0 saturated carbocycles. The molecule has 0 fully saturated rings. The van der Waals surface area contributed by atoms with Gasteiger partial charge in [0.05, 0.1) is 0 Å². The average Bonchev–Trinajstić information content (AvgIpc) is 2.59. The monoisotopic (exact) mass is 238 g/mol. The van der Waals surface area contributed by atoms with Crippen LogP contribution in [0.5, 0.6) is 0 Å². The van der Waals surface area contributed by atoms with Crippen LogP contribution in [-0.2, 0) is 5.41 Å². The second-order valence-corrected chi connectivity index (χ2v) is 5.35. The molecule has 18 heavy (non-hydrogen) atoms. The van der Waals surface area contributed by atoms with E-state index in [4.69, 9.17) is 0 Å². The average molecular weight is 238 g/mol. The Kier molecular flexibility index (Phi) is 2.37. The maximum atomic E-state index is 9.29. The van der Waals surface area contributed by atoms with E-state index in [2.05, 4.69) is 26.0 Å². The van der Waals surface area contributed by atoms with Gasteiger partial charge in [0, 0.05) is 5.41 Å². The highest BCUT2D eigenvalue weighted by molar-refractivity contribution is 6.58. The molecule has 0 saturated heterocycles. The van der Waals surface area contributed by atoms with Gasteiger partial charge in [-0.3, -0.25) is 0 Å². The van der Waals surface area contributed by atoms with Crippen molar-refractivity contribution < 1.29 is 10.0 Å². The Morgan fingerprint density at radius 1 is 0.889 bits per heavy atom. The molecule has 0 unspecified atom stereocenters. The van der Waals surface area contributed by atoms with Crippen molar-refractivity contribution in [1.82, 2.24) is 0 Å². The quantitative estimate of drug-likeness (QED) is 0.742. The van der Waals surface area contributed by atoms with Gasteiger partial charge in [-0.25, -0.2) is 0 Å². The smallest absolute Gasteiger partial charge is 0.423 e. The van der Waals surface area contributed by atoms with E-state index in [1.54, 1.807) is 6.07 Å². The van der Waals surface area contributed by atoms with Crippen molar-refractivity contribution in [2.24, 2.45) is 0 Å². The van der Waals surface area contributed by atoms with Crippen LogP contribution in [0.4, 0.5) is 0 Å². The summed E-state index contributed by atoms with van der Waals surface area (Å²) in [7, 11) is -1.41. The van der Waals surface area contributed by atoms with E-state index < -0.39 is 7.12 Å². The van der Waals surface area contributed by atoms with Crippen LogP contribution >= 0.6 is 0 Å². The van der Waals surface area contributed by atoms with E-state index in [-0.39, 0.29) is 5.41 Å². The van der Waals surface area contributed by atoms with E-state index in [9.17, 15) is 10.0 Å². The Balaban J connectivity index is 2.30. The van der Waals surface area contributed by atoms with Crippen LogP contribution in [0.15, 0.2) is 42.5 Å². The minimum absolute atomic E-state index is 0.0230. The Morgan fingerprint density at radius 3 is 2.28 bits per heavy atom. The molecule has 0 aliphatic heterocycles. The molecule has 1 aliphatic carbocycles. The summed E-state index contributed by atoms with van der Waals surface area (Å²) in [5.74, 6) is 0. The highest BCUT2D eigenvalue weighted by Gasteiger charge is 2.35. The molecule has 0 atom stereocenters. The topological polar surface area (TPSA) is 40.5 Å². The summed E-state index contributed by atoms with van der Waals surface area (Å²) in [6, 6.07) is 14.0. The lowest BCUT2D eigenvalue weighted by Gasteiger charge is -2.21. The predicted octanol–water partition coefficient (Wildman–Crippen LogP) is 1.67. The van der Waals surface area contributed by atoms with Crippen molar-refractivity contribution in [2.45, 2.75) is 19.3 Å². The summed E-state index contributed by atoms with van der Waals surface area (Å²) < 4.78 is 0. The van der Waals surface area contributed by atoms with Gasteiger partial charge in [0.1, 0.15) is 0 Å². The summed E-state index contributed by atoms with van der Waals surface area (Å²) in [4.78, 5) is 0. The summed E-state index contributed by atoms with van der Waals surface area (Å²) >= 11 is 0. The van der Waals surface area contributed by atoms with Crippen LogP contribution in [-0.4, -0.2) is 17.2 Å². The van der Waals surface area contributed by atoms with Crippen molar-refractivity contribution in [3.05, 3.63) is 53.6 Å². The van der Waals surface area contributed by atoms with E-state index in [0.717, 1.165) is 5.56 Å². The van der Waals surface area contributed by atoms with Gasteiger partial charge in [-0.15, -0.1) is 0 Å². The number of fused-ring (bicyclic) bond motifs is 3. The first-order chi connectivity index (χ1) is 8.51. The van der Waals surface area contributed by atoms with Crippen LogP contribution in [0.3, 0.4) is 0 Å². The van der Waals surface area contributed by atoms with Crippen LogP contribution in [0, 0.1) is 0 Å². The highest BCUT2D eigenvalue weighted by atomic mass is 16.4. The third-order valence-electron chi connectivity index (χ3n) is 3.91. The van der Waals surface area contributed by atoms with Crippen molar-refractivity contribution in [1.29, 1.82) is 0 Å². The summed E-state index contributed by atoms with van der Waals surface area (Å²) in [5, 5.41) is 18.6. The predicted molar refractivity (Wildman–Crippen MR) is 73.8 cm³/mol. The molecule has 2 nitrogen and oxygen atoms in total. The van der Waals surface area contributed by atoms with E-state index >= 15 is 0 Å². The number of hydrogen-bond donors (Lipinski definition) is 2. The Hall–Kier alpha value is -1.58. The van der Waals surface area contributed by atoms with Gasteiger partial charge in [-0.2, -0.15) is 0 Å². The van der Waals surface area contributed by atoms with Gasteiger partial charge in [-0.05, 0) is 27.7 Å². The molecular weight excluding hydrogens is 223 g/mol. The molecule has 1 aliphatic rings. The van der Waals surface area contributed by atoms with Crippen molar-refractivity contribution in [3.63, 3.8) is 0 Å². The molecule has 3 rings (SSSR count). The first-order valence-corrected chi connectivity index (χ1v) is 6.12. The molecule has 2 N–H and O–H groups in total. The summed E-state index contributed by atoms with van der Waals surface area (Å²) in [6.07, 6.45) is 0. The zero-order chi connectivity index (χ0) is 12.9.